The fraction of sp³-hybridized carbons (Fsp3) is 0.125. The van der Waals surface area contributed by atoms with Crippen molar-refractivity contribution in [3.63, 3.8) is 0 Å². The molecule has 0 fully saturated rings. The third-order valence-electron chi connectivity index (χ3n) is 3.67. The molecule has 0 radical (unpaired) electrons. The number of hydrogen-bond donors (Lipinski definition) is 0. The van der Waals surface area contributed by atoms with Gasteiger partial charge in [-0.3, -0.25) is 14.0 Å². The Balaban J connectivity index is 1.68. The Bertz CT molecular complexity index is 1030. The second-order valence-electron chi connectivity index (χ2n) is 5.23. The van der Waals surface area contributed by atoms with E-state index in [9.17, 15) is 4.79 Å². The van der Waals surface area contributed by atoms with Crippen LogP contribution >= 0.6 is 0 Å². The Kier molecular flexibility index (Phi) is 3.04. The van der Waals surface area contributed by atoms with Gasteiger partial charge in [-0.25, -0.2) is 4.98 Å². The number of aromatic nitrogens is 5. The second kappa shape index (κ2) is 5.20. The Hall–Kier alpha value is -3.22. The molecule has 0 bridgehead atoms. The Labute approximate surface area is 130 Å². The molecule has 0 atom stereocenters. The van der Waals surface area contributed by atoms with Gasteiger partial charge in [0.15, 0.2) is 11.4 Å². The molecule has 0 aliphatic heterocycles. The highest BCUT2D eigenvalue weighted by Gasteiger charge is 2.11. The summed E-state index contributed by atoms with van der Waals surface area (Å²) in [5.74, 6) is 0.594. The van der Waals surface area contributed by atoms with Crippen LogP contribution in [0.15, 0.2) is 58.2 Å². The van der Waals surface area contributed by atoms with Gasteiger partial charge in [-0.15, -0.1) is 0 Å². The lowest BCUT2D eigenvalue weighted by Gasteiger charge is -2.01. The van der Waals surface area contributed by atoms with Crippen molar-refractivity contribution in [2.45, 2.75) is 6.54 Å². The van der Waals surface area contributed by atoms with Crippen LogP contribution in [0, 0.1) is 0 Å². The van der Waals surface area contributed by atoms with Gasteiger partial charge in [0, 0.05) is 18.7 Å². The SMILES string of the molecule is Cn1ncc2c(=O)n(Cc3cc(-c4ccccc4)no3)cnc21. The van der Waals surface area contributed by atoms with Gasteiger partial charge in [0.2, 0.25) is 0 Å². The van der Waals surface area contributed by atoms with Crippen LogP contribution in [0.5, 0.6) is 0 Å². The van der Waals surface area contributed by atoms with Crippen molar-refractivity contribution in [3.8, 4) is 11.3 Å². The van der Waals surface area contributed by atoms with Crippen molar-refractivity contribution in [1.29, 1.82) is 0 Å². The third kappa shape index (κ3) is 2.32. The fourth-order valence-corrected chi connectivity index (χ4v) is 2.48. The summed E-state index contributed by atoms with van der Waals surface area (Å²) < 4.78 is 8.39. The van der Waals surface area contributed by atoms with Crippen molar-refractivity contribution in [2.75, 3.05) is 0 Å². The van der Waals surface area contributed by atoms with Crippen molar-refractivity contribution in [2.24, 2.45) is 7.05 Å². The standard InChI is InChI=1S/C16H13N5O2/c1-20-15-13(8-18-20)16(22)21(10-17-15)9-12-7-14(19-23-12)11-5-3-2-4-6-11/h2-8,10H,9H2,1H3. The van der Waals surface area contributed by atoms with Crippen molar-refractivity contribution in [1.82, 2.24) is 24.5 Å². The summed E-state index contributed by atoms with van der Waals surface area (Å²) in [7, 11) is 1.75. The van der Waals surface area contributed by atoms with Gasteiger partial charge in [-0.05, 0) is 0 Å². The van der Waals surface area contributed by atoms with E-state index < -0.39 is 0 Å². The van der Waals surface area contributed by atoms with Gasteiger partial charge in [0.05, 0.1) is 12.7 Å². The molecule has 4 rings (SSSR count). The van der Waals surface area contributed by atoms with E-state index in [0.29, 0.717) is 16.8 Å². The van der Waals surface area contributed by atoms with E-state index in [1.54, 1.807) is 11.7 Å². The number of hydrogen-bond acceptors (Lipinski definition) is 5. The zero-order chi connectivity index (χ0) is 15.8. The highest BCUT2D eigenvalue weighted by Crippen LogP contribution is 2.18. The number of benzene rings is 1. The summed E-state index contributed by atoms with van der Waals surface area (Å²) in [6, 6.07) is 11.6. The van der Waals surface area contributed by atoms with Gasteiger partial charge in [-0.1, -0.05) is 35.5 Å². The van der Waals surface area contributed by atoms with E-state index in [4.69, 9.17) is 4.52 Å². The van der Waals surface area contributed by atoms with Crippen LogP contribution < -0.4 is 5.56 Å². The molecule has 0 saturated heterocycles. The molecular weight excluding hydrogens is 294 g/mol. The Morgan fingerprint density at radius 2 is 2.04 bits per heavy atom. The molecular formula is C16H13N5O2. The van der Waals surface area contributed by atoms with Crippen LogP contribution in [0.25, 0.3) is 22.3 Å². The van der Waals surface area contributed by atoms with E-state index in [1.165, 1.54) is 17.1 Å². The molecule has 0 spiro atoms. The third-order valence-corrected chi connectivity index (χ3v) is 3.67. The van der Waals surface area contributed by atoms with Gasteiger partial charge < -0.3 is 4.52 Å². The molecule has 7 nitrogen and oxygen atoms in total. The number of rotatable bonds is 3. The van der Waals surface area contributed by atoms with E-state index >= 15 is 0 Å². The maximum absolute atomic E-state index is 12.4. The molecule has 0 N–H and O–H groups in total. The Morgan fingerprint density at radius 3 is 2.87 bits per heavy atom. The lowest BCUT2D eigenvalue weighted by Crippen LogP contribution is -2.20. The normalized spacial score (nSPS) is 11.2. The first-order valence-corrected chi connectivity index (χ1v) is 7.10. The minimum absolute atomic E-state index is 0.152. The van der Waals surface area contributed by atoms with Crippen LogP contribution in [0.3, 0.4) is 0 Å². The molecule has 3 heterocycles. The predicted molar refractivity (Wildman–Crippen MR) is 83.8 cm³/mol. The van der Waals surface area contributed by atoms with Gasteiger partial charge >= 0.3 is 0 Å². The zero-order valence-electron chi connectivity index (χ0n) is 12.4. The van der Waals surface area contributed by atoms with E-state index in [2.05, 4.69) is 15.2 Å². The molecule has 1 aromatic carbocycles. The van der Waals surface area contributed by atoms with Crippen LogP contribution in [-0.4, -0.2) is 24.5 Å². The van der Waals surface area contributed by atoms with E-state index in [-0.39, 0.29) is 12.1 Å². The van der Waals surface area contributed by atoms with E-state index in [1.807, 2.05) is 36.4 Å². The van der Waals surface area contributed by atoms with E-state index in [0.717, 1.165) is 11.3 Å². The molecule has 23 heavy (non-hydrogen) atoms. The first-order valence-electron chi connectivity index (χ1n) is 7.10. The number of fused-ring (bicyclic) bond motifs is 1. The molecule has 0 saturated carbocycles. The lowest BCUT2D eigenvalue weighted by atomic mass is 10.1. The monoisotopic (exact) mass is 307 g/mol. The second-order valence-corrected chi connectivity index (χ2v) is 5.23. The smallest absolute Gasteiger partial charge is 0.264 e. The molecule has 0 aliphatic rings. The molecule has 0 aliphatic carbocycles. The van der Waals surface area contributed by atoms with Crippen molar-refractivity contribution < 1.29 is 4.52 Å². The topological polar surface area (TPSA) is 78.7 Å². The summed E-state index contributed by atoms with van der Waals surface area (Å²) in [6.07, 6.45) is 3.02. The zero-order valence-corrected chi connectivity index (χ0v) is 12.4. The number of nitrogens with zero attached hydrogens (tertiary/aromatic N) is 5. The summed E-state index contributed by atoms with van der Waals surface area (Å²) in [4.78, 5) is 16.7. The quantitative estimate of drug-likeness (QED) is 0.577. The maximum atomic E-state index is 12.4. The lowest BCUT2D eigenvalue weighted by molar-refractivity contribution is 0.376. The van der Waals surface area contributed by atoms with Crippen LogP contribution in [0.2, 0.25) is 0 Å². The summed E-state index contributed by atoms with van der Waals surface area (Å²) >= 11 is 0. The molecule has 4 aromatic rings. The molecule has 114 valence electrons. The molecule has 7 heteroatoms. The van der Waals surface area contributed by atoms with Gasteiger partial charge in [-0.2, -0.15) is 5.10 Å². The molecule has 3 aromatic heterocycles. The van der Waals surface area contributed by atoms with Crippen LogP contribution in [0.4, 0.5) is 0 Å². The Morgan fingerprint density at radius 1 is 1.22 bits per heavy atom. The summed E-state index contributed by atoms with van der Waals surface area (Å²) in [5.41, 5.74) is 2.12. The largest absolute Gasteiger partial charge is 0.359 e. The summed E-state index contributed by atoms with van der Waals surface area (Å²) in [6.45, 7) is 0.274. The van der Waals surface area contributed by atoms with Crippen LogP contribution in [-0.2, 0) is 13.6 Å². The van der Waals surface area contributed by atoms with Crippen molar-refractivity contribution >= 4 is 11.0 Å². The first kappa shape index (κ1) is 13.4. The average molecular weight is 307 g/mol. The predicted octanol–water partition coefficient (Wildman–Crippen LogP) is 1.83. The van der Waals surface area contributed by atoms with Gasteiger partial charge in [0.25, 0.3) is 5.56 Å². The molecule has 0 unspecified atom stereocenters. The van der Waals surface area contributed by atoms with Gasteiger partial charge in [0.1, 0.15) is 17.4 Å². The maximum Gasteiger partial charge on any atom is 0.264 e. The molecule has 0 amide bonds. The average Bonchev–Trinajstić information content (AvgIpc) is 3.19. The highest BCUT2D eigenvalue weighted by atomic mass is 16.5. The minimum Gasteiger partial charge on any atom is -0.359 e. The first-order chi connectivity index (χ1) is 11.2. The highest BCUT2D eigenvalue weighted by molar-refractivity contribution is 5.72. The van der Waals surface area contributed by atoms with Crippen LogP contribution in [0.1, 0.15) is 5.76 Å². The van der Waals surface area contributed by atoms with Crippen molar-refractivity contribution in [3.05, 3.63) is 65.0 Å². The fourth-order valence-electron chi connectivity index (χ4n) is 2.48. The summed E-state index contributed by atoms with van der Waals surface area (Å²) in [5, 5.41) is 8.59. The minimum atomic E-state index is -0.152. The number of aryl methyl sites for hydroxylation is 1.